The standard InChI is InChI=1S/C24H35NO3/c1-4-6-7-8-9-10-11-12-13-14-19-28-24(27)20(3)25-23(26)22-17-15-21(5-2)16-18-22/h2,15-18,20H,4,6-14,19H2,1,3H3,(H,25,26)/t20-/m0/s1. The second kappa shape index (κ2) is 14.7. The Hall–Kier alpha value is -2.28. The molecule has 0 aliphatic carbocycles. The van der Waals surface area contributed by atoms with Gasteiger partial charge in [-0.15, -0.1) is 6.42 Å². The Balaban J connectivity index is 2.09. The maximum absolute atomic E-state index is 12.1. The van der Waals surface area contributed by atoms with Crippen molar-refractivity contribution in [3.63, 3.8) is 0 Å². The van der Waals surface area contributed by atoms with Crippen LogP contribution in [-0.4, -0.2) is 24.5 Å². The van der Waals surface area contributed by atoms with Crippen molar-refractivity contribution in [2.75, 3.05) is 6.61 Å². The highest BCUT2D eigenvalue weighted by Crippen LogP contribution is 2.10. The fraction of sp³-hybridized carbons (Fsp3) is 0.583. The van der Waals surface area contributed by atoms with Crippen LogP contribution in [0.25, 0.3) is 0 Å². The van der Waals surface area contributed by atoms with Crippen molar-refractivity contribution in [3.05, 3.63) is 35.4 Å². The van der Waals surface area contributed by atoms with E-state index in [9.17, 15) is 9.59 Å². The molecule has 1 amide bonds. The molecular weight excluding hydrogens is 350 g/mol. The lowest BCUT2D eigenvalue weighted by Crippen LogP contribution is -2.39. The number of rotatable bonds is 14. The first-order chi connectivity index (χ1) is 13.6. The zero-order valence-electron chi connectivity index (χ0n) is 17.5. The molecule has 154 valence electrons. The topological polar surface area (TPSA) is 55.4 Å². The average Bonchev–Trinajstić information content (AvgIpc) is 2.71. The quantitative estimate of drug-likeness (QED) is 0.270. The van der Waals surface area contributed by atoms with Gasteiger partial charge in [-0.3, -0.25) is 4.79 Å². The molecule has 0 heterocycles. The van der Waals surface area contributed by atoms with Crippen molar-refractivity contribution in [1.29, 1.82) is 0 Å². The number of amides is 1. The lowest BCUT2D eigenvalue weighted by atomic mass is 10.1. The maximum atomic E-state index is 12.1. The van der Waals surface area contributed by atoms with E-state index in [1.165, 1.54) is 51.4 Å². The van der Waals surface area contributed by atoms with E-state index in [-0.39, 0.29) is 5.91 Å². The summed E-state index contributed by atoms with van der Waals surface area (Å²) in [7, 11) is 0. The van der Waals surface area contributed by atoms with Crippen LogP contribution in [0.5, 0.6) is 0 Å². The van der Waals surface area contributed by atoms with Crippen LogP contribution in [-0.2, 0) is 9.53 Å². The average molecular weight is 386 g/mol. The monoisotopic (exact) mass is 385 g/mol. The molecule has 4 heteroatoms. The Morgan fingerprint density at radius 3 is 2.04 bits per heavy atom. The normalized spacial score (nSPS) is 11.5. The van der Waals surface area contributed by atoms with E-state index in [0.717, 1.165) is 12.8 Å². The summed E-state index contributed by atoms with van der Waals surface area (Å²) in [5, 5.41) is 2.66. The Kier molecular flexibility index (Phi) is 12.5. The molecule has 1 atom stereocenters. The molecule has 0 bridgehead atoms. The van der Waals surface area contributed by atoms with Crippen LogP contribution in [0, 0.1) is 12.3 Å². The van der Waals surface area contributed by atoms with E-state index in [1.54, 1.807) is 31.2 Å². The smallest absolute Gasteiger partial charge is 0.328 e. The molecule has 1 aromatic rings. The number of nitrogens with one attached hydrogen (secondary N) is 1. The Morgan fingerprint density at radius 2 is 1.50 bits per heavy atom. The Morgan fingerprint density at radius 1 is 0.964 bits per heavy atom. The van der Waals surface area contributed by atoms with Gasteiger partial charge in [-0.05, 0) is 37.6 Å². The van der Waals surface area contributed by atoms with Crippen molar-refractivity contribution in [2.24, 2.45) is 0 Å². The lowest BCUT2D eigenvalue weighted by Gasteiger charge is -2.13. The molecule has 0 radical (unpaired) electrons. The van der Waals surface area contributed by atoms with Gasteiger partial charge in [0.25, 0.3) is 5.91 Å². The number of terminal acetylenes is 1. The van der Waals surface area contributed by atoms with Gasteiger partial charge >= 0.3 is 5.97 Å². The molecule has 0 spiro atoms. The van der Waals surface area contributed by atoms with Crippen LogP contribution in [0.15, 0.2) is 24.3 Å². The summed E-state index contributed by atoms with van der Waals surface area (Å²) in [6, 6.07) is 6.01. The molecule has 0 fully saturated rings. The van der Waals surface area contributed by atoms with Crippen LogP contribution in [0.3, 0.4) is 0 Å². The predicted molar refractivity (Wildman–Crippen MR) is 114 cm³/mol. The van der Waals surface area contributed by atoms with Gasteiger partial charge in [0, 0.05) is 11.1 Å². The summed E-state index contributed by atoms with van der Waals surface area (Å²) >= 11 is 0. The molecule has 0 saturated carbocycles. The summed E-state index contributed by atoms with van der Waals surface area (Å²) in [5.41, 5.74) is 1.17. The van der Waals surface area contributed by atoms with E-state index >= 15 is 0 Å². The van der Waals surface area contributed by atoms with Gasteiger partial charge in [-0.1, -0.05) is 70.6 Å². The molecule has 1 rings (SSSR count). The number of hydrogen-bond donors (Lipinski definition) is 1. The van der Waals surface area contributed by atoms with Crippen molar-refractivity contribution in [1.82, 2.24) is 5.32 Å². The number of unbranched alkanes of at least 4 members (excludes halogenated alkanes) is 9. The van der Waals surface area contributed by atoms with Crippen molar-refractivity contribution in [2.45, 2.75) is 84.1 Å². The van der Waals surface area contributed by atoms with Crippen LogP contribution >= 0.6 is 0 Å². The summed E-state index contributed by atoms with van der Waals surface area (Å²) in [4.78, 5) is 24.2. The second-order valence-corrected chi connectivity index (χ2v) is 7.27. The van der Waals surface area contributed by atoms with Gasteiger partial charge in [0.1, 0.15) is 6.04 Å². The van der Waals surface area contributed by atoms with Gasteiger partial charge in [-0.2, -0.15) is 0 Å². The molecular formula is C24H35NO3. The number of esters is 1. The molecule has 1 aromatic carbocycles. The van der Waals surface area contributed by atoms with Crippen LogP contribution in [0.2, 0.25) is 0 Å². The highest BCUT2D eigenvalue weighted by molar-refractivity contribution is 5.96. The number of carbonyl (C=O) groups excluding carboxylic acids is 2. The largest absolute Gasteiger partial charge is 0.464 e. The first-order valence-electron chi connectivity index (χ1n) is 10.6. The third-order valence-electron chi connectivity index (χ3n) is 4.76. The zero-order chi connectivity index (χ0) is 20.6. The van der Waals surface area contributed by atoms with E-state index in [1.807, 2.05) is 0 Å². The minimum atomic E-state index is -0.678. The number of carbonyl (C=O) groups is 2. The minimum absolute atomic E-state index is 0.313. The molecule has 0 saturated heterocycles. The summed E-state index contributed by atoms with van der Waals surface area (Å²) in [5.74, 6) is 1.79. The molecule has 0 aliphatic heterocycles. The third-order valence-corrected chi connectivity index (χ3v) is 4.76. The fourth-order valence-corrected chi connectivity index (χ4v) is 2.94. The van der Waals surface area contributed by atoms with Crippen LogP contribution < -0.4 is 5.32 Å². The molecule has 28 heavy (non-hydrogen) atoms. The van der Waals surface area contributed by atoms with E-state index in [4.69, 9.17) is 11.2 Å². The van der Waals surface area contributed by atoms with Crippen molar-refractivity contribution in [3.8, 4) is 12.3 Å². The second-order valence-electron chi connectivity index (χ2n) is 7.27. The molecule has 0 aliphatic rings. The van der Waals surface area contributed by atoms with E-state index in [0.29, 0.717) is 17.7 Å². The van der Waals surface area contributed by atoms with Crippen LogP contribution in [0.1, 0.15) is 94.0 Å². The Labute approximate surface area is 170 Å². The maximum Gasteiger partial charge on any atom is 0.328 e. The molecule has 1 N–H and O–H groups in total. The fourth-order valence-electron chi connectivity index (χ4n) is 2.94. The van der Waals surface area contributed by atoms with Gasteiger partial charge < -0.3 is 10.1 Å². The lowest BCUT2D eigenvalue weighted by molar-refractivity contribution is -0.145. The molecule has 4 nitrogen and oxygen atoms in total. The first-order valence-corrected chi connectivity index (χ1v) is 10.6. The van der Waals surface area contributed by atoms with Gasteiger partial charge in [0.2, 0.25) is 0 Å². The first kappa shape index (κ1) is 23.8. The summed E-state index contributed by atoms with van der Waals surface area (Å²) in [6.45, 7) is 4.28. The molecule has 0 unspecified atom stereocenters. The van der Waals surface area contributed by atoms with Gasteiger partial charge in [0.05, 0.1) is 6.61 Å². The van der Waals surface area contributed by atoms with E-state index in [2.05, 4.69) is 18.2 Å². The van der Waals surface area contributed by atoms with E-state index < -0.39 is 12.0 Å². The minimum Gasteiger partial charge on any atom is -0.464 e. The highest BCUT2D eigenvalue weighted by atomic mass is 16.5. The van der Waals surface area contributed by atoms with Crippen LogP contribution in [0.4, 0.5) is 0 Å². The number of hydrogen-bond acceptors (Lipinski definition) is 3. The zero-order valence-corrected chi connectivity index (χ0v) is 17.5. The number of ether oxygens (including phenoxy) is 1. The predicted octanol–water partition coefficient (Wildman–Crippen LogP) is 5.25. The SMILES string of the molecule is C#Cc1ccc(C(=O)N[C@@H](C)C(=O)OCCCCCCCCCCCC)cc1. The Bertz CT molecular complexity index is 616. The van der Waals surface area contributed by atoms with Crippen molar-refractivity contribution < 1.29 is 14.3 Å². The highest BCUT2D eigenvalue weighted by Gasteiger charge is 2.17. The number of benzene rings is 1. The molecule has 0 aromatic heterocycles. The third kappa shape index (κ3) is 10.2. The van der Waals surface area contributed by atoms with Gasteiger partial charge in [0.15, 0.2) is 0 Å². The van der Waals surface area contributed by atoms with Crippen molar-refractivity contribution >= 4 is 11.9 Å². The van der Waals surface area contributed by atoms with Gasteiger partial charge in [-0.25, -0.2) is 4.79 Å². The summed E-state index contributed by atoms with van der Waals surface area (Å²) in [6.07, 6.45) is 17.7. The summed E-state index contributed by atoms with van der Waals surface area (Å²) < 4.78 is 5.27.